The molecule has 1 saturated heterocycles. The number of carbonyl (C=O) groups excluding carboxylic acids is 3. The van der Waals surface area contributed by atoms with Crippen molar-refractivity contribution in [1.82, 2.24) is 9.47 Å². The highest BCUT2D eigenvalue weighted by molar-refractivity contribution is 7.16. The minimum atomic E-state index is -0.656. The number of imide groups is 1. The van der Waals surface area contributed by atoms with Crippen molar-refractivity contribution in [2.24, 2.45) is 4.99 Å². The first kappa shape index (κ1) is 16.1. The van der Waals surface area contributed by atoms with Crippen LogP contribution in [0.25, 0.3) is 10.2 Å². The van der Waals surface area contributed by atoms with E-state index in [0.29, 0.717) is 4.70 Å². The predicted molar refractivity (Wildman–Crippen MR) is 85.1 cm³/mol. The average Bonchev–Trinajstić information content (AvgIpc) is 3.04. The number of terminal acetylenes is 1. The highest BCUT2D eigenvalue weighted by atomic mass is 32.1. The lowest BCUT2D eigenvalue weighted by atomic mass is 10.3. The lowest BCUT2D eigenvalue weighted by Gasteiger charge is -2.10. The summed E-state index contributed by atoms with van der Waals surface area (Å²) < 4.78 is 16.1. The third-order valence-electron chi connectivity index (χ3n) is 3.57. The molecule has 1 fully saturated rings. The lowest BCUT2D eigenvalue weighted by Crippen LogP contribution is -2.34. The van der Waals surface area contributed by atoms with Crippen LogP contribution in [0.15, 0.2) is 23.2 Å². The number of amides is 3. The van der Waals surface area contributed by atoms with Crippen LogP contribution in [0.2, 0.25) is 0 Å². The number of hydrogen-bond acceptors (Lipinski definition) is 4. The smallest absolute Gasteiger partial charge is 0.268 e. The Hall–Kier alpha value is -2.79. The zero-order chi connectivity index (χ0) is 17.3. The average molecular weight is 345 g/mol. The van der Waals surface area contributed by atoms with Gasteiger partial charge in [0.15, 0.2) is 4.80 Å². The Morgan fingerprint density at radius 3 is 2.71 bits per heavy atom. The van der Waals surface area contributed by atoms with Crippen molar-refractivity contribution in [3.8, 4) is 12.3 Å². The number of halogens is 1. The minimum absolute atomic E-state index is 0.0502. The molecule has 1 aliphatic rings. The van der Waals surface area contributed by atoms with E-state index in [1.54, 1.807) is 12.1 Å². The van der Waals surface area contributed by atoms with Gasteiger partial charge in [-0.1, -0.05) is 23.3 Å². The fraction of sp³-hybridized carbons (Fsp3) is 0.250. The maximum atomic E-state index is 14.0. The molecular formula is C16H12FN3O3S. The van der Waals surface area contributed by atoms with Crippen LogP contribution in [0, 0.1) is 18.2 Å². The van der Waals surface area contributed by atoms with E-state index in [4.69, 9.17) is 6.42 Å². The summed E-state index contributed by atoms with van der Waals surface area (Å²) in [5, 5.41) is 0. The van der Waals surface area contributed by atoms with Gasteiger partial charge in [0.25, 0.3) is 5.91 Å². The highest BCUT2D eigenvalue weighted by Gasteiger charge is 2.30. The van der Waals surface area contributed by atoms with Crippen LogP contribution in [0.1, 0.15) is 12.8 Å². The molecule has 0 radical (unpaired) electrons. The van der Waals surface area contributed by atoms with E-state index in [1.165, 1.54) is 10.6 Å². The maximum Gasteiger partial charge on any atom is 0.268 e. The summed E-state index contributed by atoms with van der Waals surface area (Å²) in [6.07, 6.45) is 5.53. The number of rotatable bonds is 3. The first-order valence-corrected chi connectivity index (χ1v) is 7.95. The Labute approximate surface area is 140 Å². The van der Waals surface area contributed by atoms with Gasteiger partial charge in [0.2, 0.25) is 11.8 Å². The SMILES string of the molecule is C#CCn1c(=NC(=O)CN2C(=O)CCC2=O)sc2cccc(F)c21. The van der Waals surface area contributed by atoms with Crippen molar-refractivity contribution < 1.29 is 18.8 Å². The summed E-state index contributed by atoms with van der Waals surface area (Å²) in [6, 6.07) is 4.56. The first-order valence-electron chi connectivity index (χ1n) is 7.13. The van der Waals surface area contributed by atoms with Gasteiger partial charge in [-0.2, -0.15) is 4.99 Å². The molecule has 3 rings (SSSR count). The molecule has 122 valence electrons. The van der Waals surface area contributed by atoms with Gasteiger partial charge in [0.1, 0.15) is 12.4 Å². The topological polar surface area (TPSA) is 71.7 Å². The van der Waals surface area contributed by atoms with Gasteiger partial charge < -0.3 is 4.57 Å². The fourth-order valence-corrected chi connectivity index (χ4v) is 3.55. The third-order valence-corrected chi connectivity index (χ3v) is 4.61. The molecule has 1 aromatic heterocycles. The summed E-state index contributed by atoms with van der Waals surface area (Å²) in [5.74, 6) is 0.514. The second-order valence-corrected chi connectivity index (χ2v) is 6.15. The summed E-state index contributed by atoms with van der Waals surface area (Å²) >= 11 is 1.12. The van der Waals surface area contributed by atoms with Crippen LogP contribution in [-0.2, 0) is 20.9 Å². The van der Waals surface area contributed by atoms with E-state index in [9.17, 15) is 18.8 Å². The Balaban J connectivity index is 2.00. The van der Waals surface area contributed by atoms with Crippen LogP contribution >= 0.6 is 11.3 Å². The number of thiazole rings is 1. The molecule has 2 aromatic rings. The van der Waals surface area contributed by atoms with E-state index in [2.05, 4.69) is 10.9 Å². The van der Waals surface area contributed by atoms with Gasteiger partial charge in [0.05, 0.1) is 16.8 Å². The molecule has 6 nitrogen and oxygen atoms in total. The third kappa shape index (κ3) is 2.86. The number of nitrogens with zero attached hydrogens (tertiary/aromatic N) is 3. The van der Waals surface area contributed by atoms with Crippen LogP contribution in [-0.4, -0.2) is 33.7 Å². The molecular weight excluding hydrogens is 333 g/mol. The molecule has 8 heteroatoms. The number of fused-ring (bicyclic) bond motifs is 1. The van der Waals surface area contributed by atoms with Gasteiger partial charge in [-0.05, 0) is 12.1 Å². The largest absolute Gasteiger partial charge is 0.302 e. The molecule has 0 atom stereocenters. The van der Waals surface area contributed by atoms with Crippen molar-refractivity contribution in [3.05, 3.63) is 28.8 Å². The van der Waals surface area contributed by atoms with E-state index in [0.717, 1.165) is 16.2 Å². The zero-order valence-corrected chi connectivity index (χ0v) is 13.3. The maximum absolute atomic E-state index is 14.0. The van der Waals surface area contributed by atoms with Crippen LogP contribution in [0.5, 0.6) is 0 Å². The van der Waals surface area contributed by atoms with Crippen molar-refractivity contribution >= 4 is 39.3 Å². The van der Waals surface area contributed by atoms with Crippen molar-refractivity contribution in [2.45, 2.75) is 19.4 Å². The van der Waals surface area contributed by atoms with Gasteiger partial charge in [0, 0.05) is 12.8 Å². The second kappa shape index (κ2) is 6.37. The fourth-order valence-electron chi connectivity index (χ4n) is 2.49. The summed E-state index contributed by atoms with van der Waals surface area (Å²) in [4.78, 5) is 40.3. The molecule has 0 saturated carbocycles. The number of para-hydroxylation sites is 1. The molecule has 0 bridgehead atoms. The number of likely N-dealkylation sites (tertiary alicyclic amines) is 1. The Bertz CT molecular complexity index is 951. The Morgan fingerprint density at radius 2 is 2.04 bits per heavy atom. The monoisotopic (exact) mass is 345 g/mol. The van der Waals surface area contributed by atoms with Crippen molar-refractivity contribution in [3.63, 3.8) is 0 Å². The molecule has 3 amide bonds. The summed E-state index contributed by atoms with van der Waals surface area (Å²) in [7, 11) is 0. The Morgan fingerprint density at radius 1 is 1.33 bits per heavy atom. The lowest BCUT2D eigenvalue weighted by molar-refractivity contribution is -0.141. The van der Waals surface area contributed by atoms with Gasteiger partial charge in [-0.25, -0.2) is 4.39 Å². The second-order valence-electron chi connectivity index (χ2n) is 5.14. The first-order chi connectivity index (χ1) is 11.5. The number of benzene rings is 1. The molecule has 0 spiro atoms. The zero-order valence-electron chi connectivity index (χ0n) is 12.5. The summed E-state index contributed by atoms with van der Waals surface area (Å²) in [6.45, 7) is -0.362. The van der Waals surface area contributed by atoms with E-state index >= 15 is 0 Å². The van der Waals surface area contributed by atoms with Gasteiger partial charge >= 0.3 is 0 Å². The van der Waals surface area contributed by atoms with E-state index in [-0.39, 0.29) is 41.5 Å². The molecule has 1 aliphatic heterocycles. The van der Waals surface area contributed by atoms with Crippen LogP contribution in [0.4, 0.5) is 4.39 Å². The number of aromatic nitrogens is 1. The molecule has 0 unspecified atom stereocenters. The van der Waals surface area contributed by atoms with Crippen molar-refractivity contribution in [2.75, 3.05) is 6.54 Å². The number of hydrogen-bond donors (Lipinski definition) is 0. The molecule has 24 heavy (non-hydrogen) atoms. The number of carbonyl (C=O) groups is 3. The standard InChI is InChI=1S/C16H12FN3O3S/c1-2-8-19-15-10(17)4-3-5-11(15)24-16(19)18-12(21)9-20-13(22)6-7-14(20)23/h1,3-5H,6-9H2. The molecule has 2 heterocycles. The van der Waals surface area contributed by atoms with E-state index < -0.39 is 18.3 Å². The predicted octanol–water partition coefficient (Wildman–Crippen LogP) is 1.05. The van der Waals surface area contributed by atoms with Crippen molar-refractivity contribution in [1.29, 1.82) is 0 Å². The highest BCUT2D eigenvalue weighted by Crippen LogP contribution is 2.20. The quantitative estimate of drug-likeness (QED) is 0.617. The molecule has 0 aliphatic carbocycles. The van der Waals surface area contributed by atoms with Gasteiger partial charge in [-0.15, -0.1) is 6.42 Å². The minimum Gasteiger partial charge on any atom is -0.302 e. The Kier molecular flexibility index (Phi) is 4.27. The normalized spacial score (nSPS) is 15.3. The molecule has 0 N–H and O–H groups in total. The summed E-state index contributed by atoms with van der Waals surface area (Å²) in [5.41, 5.74) is 0.278. The van der Waals surface area contributed by atoms with E-state index in [1.807, 2.05) is 0 Å². The van der Waals surface area contributed by atoms with Crippen LogP contribution in [0.3, 0.4) is 0 Å². The van der Waals surface area contributed by atoms with Gasteiger partial charge in [-0.3, -0.25) is 19.3 Å². The molecule has 1 aromatic carbocycles. The van der Waals surface area contributed by atoms with Crippen LogP contribution < -0.4 is 4.80 Å².